The Bertz CT molecular complexity index is 938. The Morgan fingerprint density at radius 1 is 1.09 bits per heavy atom. The number of hydrogen-bond acceptors (Lipinski definition) is 3. The Labute approximate surface area is 140 Å². The van der Waals surface area contributed by atoms with E-state index in [4.69, 9.17) is 11.6 Å². The zero-order chi connectivity index (χ0) is 16.4. The maximum absolute atomic E-state index is 12.9. The highest BCUT2D eigenvalue weighted by atomic mass is 35.5. The highest BCUT2D eigenvalue weighted by Crippen LogP contribution is 2.31. The second kappa shape index (κ2) is 6.28. The van der Waals surface area contributed by atoms with E-state index < -0.39 is 10.0 Å². The van der Waals surface area contributed by atoms with Crippen LogP contribution in [0.2, 0.25) is 5.02 Å². The van der Waals surface area contributed by atoms with Crippen molar-refractivity contribution >= 4 is 32.4 Å². The van der Waals surface area contributed by atoms with Gasteiger partial charge >= 0.3 is 0 Å². The molecule has 0 unspecified atom stereocenters. The first-order chi connectivity index (χ1) is 11.0. The Morgan fingerprint density at radius 3 is 2.52 bits per heavy atom. The lowest BCUT2D eigenvalue weighted by Crippen LogP contribution is -2.26. The van der Waals surface area contributed by atoms with E-state index in [0.29, 0.717) is 10.4 Å². The minimum atomic E-state index is -3.67. The lowest BCUT2D eigenvalue weighted by Gasteiger charge is -2.18. The summed E-state index contributed by atoms with van der Waals surface area (Å²) in [6.45, 7) is 0.247. The molecule has 0 aliphatic carbocycles. The molecule has 2 aromatic carbocycles. The van der Waals surface area contributed by atoms with Crippen molar-refractivity contribution in [3.63, 3.8) is 0 Å². The summed E-state index contributed by atoms with van der Waals surface area (Å²) in [6, 6.07) is 14.1. The van der Waals surface area contributed by atoms with Gasteiger partial charge in [-0.2, -0.15) is 4.31 Å². The average molecular weight is 347 g/mol. The molecule has 0 aliphatic rings. The van der Waals surface area contributed by atoms with Gasteiger partial charge in [-0.25, -0.2) is 8.42 Å². The number of benzene rings is 2. The van der Waals surface area contributed by atoms with Gasteiger partial charge in [-0.3, -0.25) is 4.98 Å². The second-order valence-corrected chi connectivity index (χ2v) is 7.64. The van der Waals surface area contributed by atoms with Crippen LogP contribution in [0.3, 0.4) is 0 Å². The van der Waals surface area contributed by atoms with Gasteiger partial charge in [0.15, 0.2) is 0 Å². The van der Waals surface area contributed by atoms with Crippen molar-refractivity contribution in [2.45, 2.75) is 11.4 Å². The van der Waals surface area contributed by atoms with Crippen molar-refractivity contribution in [1.29, 1.82) is 0 Å². The highest BCUT2D eigenvalue weighted by molar-refractivity contribution is 7.89. The number of halogens is 1. The summed E-state index contributed by atoms with van der Waals surface area (Å²) in [7, 11) is -2.11. The molecule has 1 heterocycles. The summed E-state index contributed by atoms with van der Waals surface area (Å²) >= 11 is 6.24. The number of sulfonamides is 1. The molecule has 6 heteroatoms. The van der Waals surface area contributed by atoms with E-state index in [9.17, 15) is 8.42 Å². The van der Waals surface area contributed by atoms with Crippen LogP contribution in [-0.2, 0) is 16.6 Å². The van der Waals surface area contributed by atoms with Gasteiger partial charge in [-0.05, 0) is 29.1 Å². The van der Waals surface area contributed by atoms with Gasteiger partial charge < -0.3 is 0 Å². The van der Waals surface area contributed by atoms with Crippen LogP contribution in [0.4, 0.5) is 0 Å². The third-order valence-electron chi connectivity index (χ3n) is 3.63. The molecule has 0 atom stereocenters. The molecule has 4 nitrogen and oxygen atoms in total. The van der Waals surface area contributed by atoms with Crippen LogP contribution in [0.15, 0.2) is 65.8 Å². The maximum Gasteiger partial charge on any atom is 0.243 e. The predicted molar refractivity (Wildman–Crippen MR) is 91.8 cm³/mol. The Hall–Kier alpha value is -1.95. The summed E-state index contributed by atoms with van der Waals surface area (Å²) in [5.41, 5.74) is 0.824. The third-order valence-corrected chi connectivity index (χ3v) is 5.79. The molecule has 0 N–H and O–H groups in total. The van der Waals surface area contributed by atoms with Gasteiger partial charge in [0, 0.05) is 36.4 Å². The number of rotatable bonds is 4. The molecule has 0 fully saturated rings. The summed E-state index contributed by atoms with van der Waals surface area (Å²) in [6.07, 6.45) is 3.31. The topological polar surface area (TPSA) is 50.3 Å². The summed E-state index contributed by atoms with van der Waals surface area (Å²) in [4.78, 5) is 4.23. The molecular weight excluding hydrogens is 332 g/mol. The molecule has 118 valence electrons. The van der Waals surface area contributed by atoms with Gasteiger partial charge in [0.05, 0.1) is 4.90 Å². The van der Waals surface area contributed by atoms with Gasteiger partial charge in [-0.15, -0.1) is 0 Å². The molecule has 3 rings (SSSR count). The summed E-state index contributed by atoms with van der Waals surface area (Å²) < 4.78 is 27.2. The minimum absolute atomic E-state index is 0.215. The molecule has 0 saturated carbocycles. The van der Waals surface area contributed by atoms with Gasteiger partial charge in [0.2, 0.25) is 10.0 Å². The lowest BCUT2D eigenvalue weighted by atomic mass is 10.1. The van der Waals surface area contributed by atoms with E-state index in [-0.39, 0.29) is 11.4 Å². The molecule has 0 amide bonds. The van der Waals surface area contributed by atoms with Crippen molar-refractivity contribution < 1.29 is 8.42 Å². The summed E-state index contributed by atoms with van der Waals surface area (Å²) in [5.74, 6) is 0. The first-order valence-corrected chi connectivity index (χ1v) is 8.84. The number of hydrogen-bond donors (Lipinski definition) is 0. The van der Waals surface area contributed by atoms with Crippen LogP contribution in [0.1, 0.15) is 5.56 Å². The average Bonchev–Trinajstić information content (AvgIpc) is 2.55. The van der Waals surface area contributed by atoms with Gasteiger partial charge in [-0.1, -0.05) is 41.9 Å². The standard InChI is InChI=1S/C17H15ClN2O2S/c1-20(12-13-5-4-10-19-11-13)23(21,22)16-9-3-7-14-6-2-8-15(18)17(14)16/h2-11H,12H2,1H3. The van der Waals surface area contributed by atoms with E-state index in [1.807, 2.05) is 18.2 Å². The van der Waals surface area contributed by atoms with E-state index in [2.05, 4.69) is 4.98 Å². The molecular formula is C17H15ClN2O2S. The zero-order valence-corrected chi connectivity index (χ0v) is 14.1. The minimum Gasteiger partial charge on any atom is -0.264 e. The monoisotopic (exact) mass is 346 g/mol. The fourth-order valence-electron chi connectivity index (χ4n) is 2.48. The van der Waals surface area contributed by atoms with Gasteiger partial charge in [0.1, 0.15) is 0 Å². The smallest absolute Gasteiger partial charge is 0.243 e. The highest BCUT2D eigenvalue weighted by Gasteiger charge is 2.24. The Morgan fingerprint density at radius 2 is 1.83 bits per heavy atom. The Kier molecular flexibility index (Phi) is 4.35. The SMILES string of the molecule is CN(Cc1cccnc1)S(=O)(=O)c1cccc2cccc(Cl)c12. The van der Waals surface area contributed by atoms with Gasteiger partial charge in [0.25, 0.3) is 0 Å². The van der Waals surface area contributed by atoms with Crippen LogP contribution in [0.5, 0.6) is 0 Å². The van der Waals surface area contributed by atoms with Crippen LogP contribution in [0.25, 0.3) is 10.8 Å². The Balaban J connectivity index is 2.06. The van der Waals surface area contributed by atoms with Crippen LogP contribution >= 0.6 is 11.6 Å². The van der Waals surface area contributed by atoms with Crippen molar-refractivity contribution in [1.82, 2.24) is 9.29 Å². The summed E-state index contributed by atoms with van der Waals surface area (Å²) in [5, 5.41) is 1.78. The molecule has 0 bridgehead atoms. The van der Waals surface area contributed by atoms with Crippen molar-refractivity contribution in [3.8, 4) is 0 Å². The third kappa shape index (κ3) is 3.08. The molecule has 0 radical (unpaired) electrons. The number of aromatic nitrogens is 1. The molecule has 0 aliphatic heterocycles. The van der Waals surface area contributed by atoms with Crippen molar-refractivity contribution in [2.75, 3.05) is 7.05 Å². The molecule has 3 aromatic rings. The van der Waals surface area contributed by atoms with E-state index in [1.54, 1.807) is 49.8 Å². The first-order valence-electron chi connectivity index (χ1n) is 7.02. The predicted octanol–water partition coefficient (Wildman–Crippen LogP) is 3.71. The molecule has 0 saturated heterocycles. The fourth-order valence-corrected chi connectivity index (χ4v) is 4.21. The van der Waals surface area contributed by atoms with Crippen molar-refractivity contribution in [3.05, 3.63) is 71.5 Å². The maximum atomic E-state index is 12.9. The van der Waals surface area contributed by atoms with Crippen LogP contribution < -0.4 is 0 Å². The number of nitrogens with zero attached hydrogens (tertiary/aromatic N) is 2. The van der Waals surface area contributed by atoms with E-state index in [0.717, 1.165) is 10.9 Å². The van der Waals surface area contributed by atoms with E-state index >= 15 is 0 Å². The quantitative estimate of drug-likeness (QED) is 0.723. The normalized spacial score (nSPS) is 12.0. The fraction of sp³-hybridized carbons (Fsp3) is 0.118. The largest absolute Gasteiger partial charge is 0.264 e. The first kappa shape index (κ1) is 15.9. The zero-order valence-electron chi connectivity index (χ0n) is 12.5. The molecule has 1 aromatic heterocycles. The number of pyridine rings is 1. The molecule has 0 spiro atoms. The number of fused-ring (bicyclic) bond motifs is 1. The van der Waals surface area contributed by atoms with Crippen LogP contribution in [0, 0.1) is 0 Å². The van der Waals surface area contributed by atoms with E-state index in [1.165, 1.54) is 4.31 Å². The second-order valence-electron chi connectivity index (χ2n) is 5.22. The molecule has 23 heavy (non-hydrogen) atoms. The van der Waals surface area contributed by atoms with Crippen LogP contribution in [-0.4, -0.2) is 24.8 Å². The lowest BCUT2D eigenvalue weighted by molar-refractivity contribution is 0.467. The van der Waals surface area contributed by atoms with Crippen molar-refractivity contribution in [2.24, 2.45) is 0 Å².